The van der Waals surface area contributed by atoms with E-state index in [4.69, 9.17) is 9.26 Å². The number of aliphatic hydroxyl groups is 1. The summed E-state index contributed by atoms with van der Waals surface area (Å²) in [4.78, 5) is 4.56. The first-order valence-electron chi connectivity index (χ1n) is 8.37. The van der Waals surface area contributed by atoms with Crippen LogP contribution in [0, 0.1) is 5.92 Å². The molecule has 0 amide bonds. The molecule has 2 atom stereocenters. The average Bonchev–Trinajstić information content (AvgIpc) is 2.98. The molecule has 1 aliphatic heterocycles. The van der Waals surface area contributed by atoms with Crippen LogP contribution in [-0.4, -0.2) is 34.6 Å². The van der Waals surface area contributed by atoms with E-state index in [0.29, 0.717) is 31.4 Å². The minimum absolute atomic E-state index is 0.156. The van der Waals surface area contributed by atoms with Gasteiger partial charge < -0.3 is 14.4 Å². The van der Waals surface area contributed by atoms with Crippen LogP contribution in [-0.2, 0) is 4.74 Å². The molecule has 2 heterocycles. The molecule has 0 radical (unpaired) electrons. The quantitative estimate of drug-likeness (QED) is 0.924. The predicted molar refractivity (Wildman–Crippen MR) is 78.1 cm³/mol. The highest BCUT2D eigenvalue weighted by atomic mass is 16.5. The van der Waals surface area contributed by atoms with Gasteiger partial charge in [-0.15, -0.1) is 0 Å². The Hall–Kier alpha value is -0.940. The van der Waals surface area contributed by atoms with Gasteiger partial charge in [0, 0.05) is 12.5 Å². The zero-order valence-corrected chi connectivity index (χ0v) is 12.8. The lowest BCUT2D eigenvalue weighted by molar-refractivity contribution is -0.0149. The first-order chi connectivity index (χ1) is 10.3. The molecule has 118 valence electrons. The Morgan fingerprint density at radius 1 is 1.19 bits per heavy atom. The minimum Gasteiger partial charge on any atom is -0.392 e. The highest BCUT2D eigenvalue weighted by Crippen LogP contribution is 2.37. The number of hydrogen-bond acceptors (Lipinski definition) is 5. The van der Waals surface area contributed by atoms with Gasteiger partial charge in [0.15, 0.2) is 5.82 Å². The van der Waals surface area contributed by atoms with Crippen molar-refractivity contribution in [2.24, 2.45) is 5.92 Å². The lowest BCUT2D eigenvalue weighted by Gasteiger charge is -2.26. The van der Waals surface area contributed by atoms with Gasteiger partial charge in [0.05, 0.1) is 18.6 Å². The second kappa shape index (κ2) is 6.88. The summed E-state index contributed by atoms with van der Waals surface area (Å²) in [6, 6.07) is 0. The summed E-state index contributed by atoms with van der Waals surface area (Å²) in [5.41, 5.74) is 0. The molecule has 5 nitrogen and oxygen atoms in total. The van der Waals surface area contributed by atoms with E-state index in [-0.39, 0.29) is 5.92 Å². The van der Waals surface area contributed by atoms with Crippen LogP contribution in [0.4, 0.5) is 0 Å². The third-order valence-electron chi connectivity index (χ3n) is 5.00. The van der Waals surface area contributed by atoms with E-state index >= 15 is 0 Å². The number of aliphatic hydroxyl groups excluding tert-OH is 1. The Labute approximate surface area is 126 Å². The first-order valence-corrected chi connectivity index (χ1v) is 8.37. The van der Waals surface area contributed by atoms with Crippen molar-refractivity contribution >= 4 is 0 Å². The lowest BCUT2D eigenvalue weighted by atomic mass is 9.80. The van der Waals surface area contributed by atoms with E-state index in [1.54, 1.807) is 0 Å². The lowest BCUT2D eigenvalue weighted by Crippen LogP contribution is -2.30. The Bertz CT molecular complexity index is 440. The molecule has 2 aliphatic rings. The second-order valence-corrected chi connectivity index (χ2v) is 6.53. The molecule has 2 unspecified atom stereocenters. The molecule has 1 N–H and O–H groups in total. The SMILES string of the molecule is CCCC1CCC(c2noc(C3COCCC3O)n2)CC1. The van der Waals surface area contributed by atoms with Crippen molar-refractivity contribution in [1.82, 2.24) is 10.1 Å². The third kappa shape index (κ3) is 3.46. The summed E-state index contributed by atoms with van der Waals surface area (Å²) in [5.74, 6) is 2.53. The fourth-order valence-corrected chi connectivity index (χ4v) is 3.64. The van der Waals surface area contributed by atoms with Crippen LogP contribution in [0.15, 0.2) is 4.52 Å². The van der Waals surface area contributed by atoms with E-state index in [9.17, 15) is 5.11 Å². The number of ether oxygens (including phenoxy) is 1. The molecule has 1 aromatic heterocycles. The molecule has 2 fully saturated rings. The number of rotatable bonds is 4. The van der Waals surface area contributed by atoms with Gasteiger partial charge >= 0.3 is 0 Å². The Kier molecular flexibility index (Phi) is 4.91. The Balaban J connectivity index is 1.60. The van der Waals surface area contributed by atoms with Crippen molar-refractivity contribution in [3.63, 3.8) is 0 Å². The van der Waals surface area contributed by atoms with Crippen LogP contribution in [0.1, 0.15) is 75.4 Å². The topological polar surface area (TPSA) is 68.4 Å². The average molecular weight is 294 g/mol. The number of hydrogen-bond donors (Lipinski definition) is 1. The third-order valence-corrected chi connectivity index (χ3v) is 5.00. The van der Waals surface area contributed by atoms with Crippen molar-refractivity contribution in [1.29, 1.82) is 0 Å². The van der Waals surface area contributed by atoms with Gasteiger partial charge in [0.25, 0.3) is 0 Å². The van der Waals surface area contributed by atoms with Crippen LogP contribution in [0.2, 0.25) is 0 Å². The van der Waals surface area contributed by atoms with Crippen LogP contribution >= 0.6 is 0 Å². The highest BCUT2D eigenvalue weighted by Gasteiger charge is 2.32. The van der Waals surface area contributed by atoms with E-state index in [0.717, 1.165) is 24.6 Å². The van der Waals surface area contributed by atoms with Gasteiger partial charge in [-0.3, -0.25) is 0 Å². The molecule has 3 rings (SSSR count). The summed E-state index contributed by atoms with van der Waals surface area (Å²) < 4.78 is 10.8. The maximum Gasteiger partial charge on any atom is 0.234 e. The fourth-order valence-electron chi connectivity index (χ4n) is 3.64. The molecule has 0 spiro atoms. The van der Waals surface area contributed by atoms with Crippen molar-refractivity contribution in [2.75, 3.05) is 13.2 Å². The van der Waals surface area contributed by atoms with Crippen LogP contribution in [0.3, 0.4) is 0 Å². The summed E-state index contributed by atoms with van der Waals surface area (Å²) in [7, 11) is 0. The van der Waals surface area contributed by atoms with Crippen molar-refractivity contribution in [3.8, 4) is 0 Å². The molecule has 1 aliphatic carbocycles. The maximum absolute atomic E-state index is 10.0. The zero-order chi connectivity index (χ0) is 14.7. The zero-order valence-electron chi connectivity index (χ0n) is 12.8. The molecular formula is C16H26N2O3. The molecule has 1 saturated heterocycles. The van der Waals surface area contributed by atoms with Crippen LogP contribution in [0.25, 0.3) is 0 Å². The van der Waals surface area contributed by atoms with Crippen LogP contribution in [0.5, 0.6) is 0 Å². The van der Waals surface area contributed by atoms with E-state index in [2.05, 4.69) is 17.1 Å². The summed E-state index contributed by atoms with van der Waals surface area (Å²) in [5, 5.41) is 14.2. The number of nitrogens with zero attached hydrogens (tertiary/aromatic N) is 2. The predicted octanol–water partition coefficient (Wildman–Crippen LogP) is 3.01. The monoisotopic (exact) mass is 294 g/mol. The van der Waals surface area contributed by atoms with Crippen molar-refractivity contribution < 1.29 is 14.4 Å². The van der Waals surface area contributed by atoms with E-state index < -0.39 is 6.10 Å². The van der Waals surface area contributed by atoms with Gasteiger partial charge in [-0.1, -0.05) is 24.9 Å². The second-order valence-electron chi connectivity index (χ2n) is 6.53. The first kappa shape index (κ1) is 15.0. The van der Waals surface area contributed by atoms with Crippen molar-refractivity contribution in [2.45, 2.75) is 69.8 Å². The highest BCUT2D eigenvalue weighted by molar-refractivity contribution is 5.03. The van der Waals surface area contributed by atoms with Gasteiger partial charge in [-0.25, -0.2) is 0 Å². The summed E-state index contributed by atoms with van der Waals surface area (Å²) in [6.45, 7) is 3.35. The summed E-state index contributed by atoms with van der Waals surface area (Å²) >= 11 is 0. The smallest absolute Gasteiger partial charge is 0.234 e. The van der Waals surface area contributed by atoms with Crippen LogP contribution < -0.4 is 0 Å². The number of aromatic nitrogens is 2. The molecule has 21 heavy (non-hydrogen) atoms. The van der Waals surface area contributed by atoms with E-state index in [1.807, 2.05) is 0 Å². The molecule has 1 saturated carbocycles. The van der Waals surface area contributed by atoms with Gasteiger partial charge in [-0.05, 0) is 38.0 Å². The molecule has 5 heteroatoms. The molecule has 0 bridgehead atoms. The Morgan fingerprint density at radius 2 is 2.00 bits per heavy atom. The standard InChI is InChI=1S/C16H26N2O3/c1-2-3-11-4-6-12(7-5-11)15-17-16(21-18-15)13-10-20-9-8-14(13)19/h11-14,19H,2-10H2,1H3. The normalized spacial score (nSPS) is 34.0. The summed E-state index contributed by atoms with van der Waals surface area (Å²) in [6.07, 6.45) is 7.71. The fraction of sp³-hybridized carbons (Fsp3) is 0.875. The van der Waals surface area contributed by atoms with Gasteiger partial charge in [0.1, 0.15) is 0 Å². The van der Waals surface area contributed by atoms with Crippen molar-refractivity contribution in [3.05, 3.63) is 11.7 Å². The van der Waals surface area contributed by atoms with Gasteiger partial charge in [-0.2, -0.15) is 4.98 Å². The maximum atomic E-state index is 10.0. The molecule has 0 aromatic carbocycles. The molecule has 1 aromatic rings. The largest absolute Gasteiger partial charge is 0.392 e. The minimum atomic E-state index is -0.424. The Morgan fingerprint density at radius 3 is 2.71 bits per heavy atom. The molecular weight excluding hydrogens is 268 g/mol. The van der Waals surface area contributed by atoms with E-state index in [1.165, 1.54) is 25.7 Å². The van der Waals surface area contributed by atoms with Gasteiger partial charge in [0.2, 0.25) is 5.89 Å².